The van der Waals surface area contributed by atoms with Gasteiger partial charge in [-0.15, -0.1) is 0 Å². The summed E-state index contributed by atoms with van der Waals surface area (Å²) < 4.78 is 39.0. The Morgan fingerprint density at radius 2 is 0.667 bits per heavy atom. The monoisotopic (exact) mass is 618 g/mol. The zero-order valence-corrected chi connectivity index (χ0v) is 23.7. The predicted octanol–water partition coefficient (Wildman–Crippen LogP) is 8.27. The van der Waals surface area contributed by atoms with Gasteiger partial charge in [-0.3, -0.25) is 0 Å². The normalized spacial score (nSPS) is 10.9. The fourth-order valence-electron chi connectivity index (χ4n) is 2.73. The summed E-state index contributed by atoms with van der Waals surface area (Å²) in [6.45, 7) is 4.36. The van der Waals surface area contributed by atoms with Crippen molar-refractivity contribution in [2.45, 2.75) is 26.7 Å². The SMILES string of the molecule is CCCC.F[B-](F)(F)F.c1ccc([P]([Rh][P](c2ccccc2)c2ccccc2)c2ccccc2)cc1. The van der Waals surface area contributed by atoms with Gasteiger partial charge in [0.2, 0.25) is 0 Å². The topological polar surface area (TPSA) is 0 Å². The molecule has 0 aliphatic heterocycles. The third-order valence-electron chi connectivity index (χ3n) is 4.52. The van der Waals surface area contributed by atoms with E-state index in [0.717, 1.165) is 0 Å². The van der Waals surface area contributed by atoms with Crippen LogP contribution in [-0.2, 0) is 16.2 Å². The molecule has 0 heterocycles. The van der Waals surface area contributed by atoms with Crippen molar-refractivity contribution < 1.29 is 33.4 Å². The third kappa shape index (κ3) is 11.9. The first-order chi connectivity index (χ1) is 17.3. The number of hydrogen-bond acceptors (Lipinski definition) is 0. The molecule has 0 aliphatic rings. The molecule has 4 aromatic carbocycles. The Morgan fingerprint density at radius 3 is 0.833 bits per heavy atom. The van der Waals surface area contributed by atoms with Gasteiger partial charge in [-0.2, -0.15) is 0 Å². The van der Waals surface area contributed by atoms with E-state index in [9.17, 15) is 17.3 Å². The second kappa shape index (κ2) is 16.8. The Morgan fingerprint density at radius 1 is 0.472 bits per heavy atom. The van der Waals surface area contributed by atoms with E-state index in [-0.39, 0.29) is 12.5 Å². The second-order valence-electron chi connectivity index (χ2n) is 7.43. The molecule has 36 heavy (non-hydrogen) atoms. The molecule has 0 saturated heterocycles. The van der Waals surface area contributed by atoms with Crippen LogP contribution in [0.5, 0.6) is 0 Å². The van der Waals surface area contributed by atoms with Crippen LogP contribution >= 0.6 is 12.5 Å². The molecule has 0 nitrogen and oxygen atoms in total. The molecule has 4 rings (SSSR count). The van der Waals surface area contributed by atoms with Crippen molar-refractivity contribution >= 4 is 41.0 Å². The Hall–Kier alpha value is -1.85. The zero-order chi connectivity index (χ0) is 26.2. The molecule has 193 valence electrons. The average Bonchev–Trinajstić information content (AvgIpc) is 2.90. The van der Waals surface area contributed by atoms with Crippen LogP contribution < -0.4 is 21.2 Å². The maximum absolute atomic E-state index is 9.75. The van der Waals surface area contributed by atoms with Crippen LogP contribution in [0.1, 0.15) is 26.7 Å². The molecule has 4 aromatic rings. The molecule has 0 bridgehead atoms. The molecule has 0 fully saturated rings. The molecule has 0 aliphatic carbocycles. The van der Waals surface area contributed by atoms with Crippen molar-refractivity contribution in [2.24, 2.45) is 0 Å². The summed E-state index contributed by atoms with van der Waals surface area (Å²) >= 11 is 0.368. The van der Waals surface area contributed by atoms with Crippen molar-refractivity contribution in [3.63, 3.8) is 0 Å². The van der Waals surface area contributed by atoms with Gasteiger partial charge < -0.3 is 17.3 Å². The molecule has 0 radical (unpaired) electrons. The van der Waals surface area contributed by atoms with Gasteiger partial charge in [0.15, 0.2) is 0 Å². The average molecular weight is 618 g/mol. The number of rotatable bonds is 7. The van der Waals surface area contributed by atoms with E-state index >= 15 is 0 Å². The van der Waals surface area contributed by atoms with E-state index < -0.39 is 7.25 Å². The Labute approximate surface area is 221 Å². The quantitative estimate of drug-likeness (QED) is 0.111. The van der Waals surface area contributed by atoms with Crippen molar-refractivity contribution in [3.05, 3.63) is 121 Å². The first-order valence-corrected chi connectivity index (χ1v) is 18.4. The van der Waals surface area contributed by atoms with E-state index in [1.165, 1.54) is 34.1 Å². The van der Waals surface area contributed by atoms with Crippen LogP contribution in [-0.4, -0.2) is 7.25 Å². The molecule has 8 heteroatoms. The van der Waals surface area contributed by atoms with Crippen molar-refractivity contribution in [1.82, 2.24) is 0 Å². The fourth-order valence-corrected chi connectivity index (χ4v) is 19.5. The molecular weight excluding hydrogens is 588 g/mol. The van der Waals surface area contributed by atoms with Gasteiger partial charge in [0, 0.05) is 0 Å². The molecular formula is C28H30BF4P2Rh-. The van der Waals surface area contributed by atoms with E-state index in [4.69, 9.17) is 0 Å². The Bertz CT molecular complexity index is 918. The summed E-state index contributed by atoms with van der Waals surface area (Å²) in [6, 6.07) is 44.4. The summed E-state index contributed by atoms with van der Waals surface area (Å²) in [4.78, 5) is 0. The van der Waals surface area contributed by atoms with E-state index in [1.54, 1.807) is 0 Å². The van der Waals surface area contributed by atoms with Crippen molar-refractivity contribution in [3.8, 4) is 0 Å². The number of unbranched alkanes of at least 4 members (excludes halogenated alkanes) is 1. The van der Waals surface area contributed by atoms with Gasteiger partial charge in [-0.1, -0.05) is 26.7 Å². The Balaban J connectivity index is 0.000000439. The summed E-state index contributed by atoms with van der Waals surface area (Å²) in [7, 11) is -6.00. The molecule has 0 atom stereocenters. The van der Waals surface area contributed by atoms with E-state index in [1.807, 2.05) is 0 Å². The van der Waals surface area contributed by atoms with Crippen LogP contribution in [0.15, 0.2) is 121 Å². The van der Waals surface area contributed by atoms with Gasteiger partial charge >= 0.3 is 178 Å². The maximum atomic E-state index is 9.75. The minimum absolute atomic E-state index is 0.339. The van der Waals surface area contributed by atoms with Crippen LogP contribution in [0.25, 0.3) is 0 Å². The van der Waals surface area contributed by atoms with Gasteiger partial charge in [0.05, 0.1) is 0 Å². The number of halogens is 4. The summed E-state index contributed by atoms with van der Waals surface area (Å²) in [5, 5.41) is 5.95. The first-order valence-electron chi connectivity index (χ1n) is 11.6. The van der Waals surface area contributed by atoms with Gasteiger partial charge in [0.25, 0.3) is 0 Å². The summed E-state index contributed by atoms with van der Waals surface area (Å²) in [5.41, 5.74) is 0. The van der Waals surface area contributed by atoms with Crippen molar-refractivity contribution in [2.75, 3.05) is 0 Å². The fraction of sp³-hybridized carbons (Fsp3) is 0.143. The number of benzene rings is 4. The van der Waals surface area contributed by atoms with Gasteiger partial charge in [-0.25, -0.2) is 0 Å². The first kappa shape index (κ1) is 30.4. The summed E-state index contributed by atoms with van der Waals surface area (Å²) in [5.74, 6) is 0. The molecule has 0 amide bonds. The van der Waals surface area contributed by atoms with Gasteiger partial charge in [-0.05, 0) is 0 Å². The standard InChI is InChI=1S/2C12H10P.C4H10.BF4.Rh/c2*1-3-7-11(8-4-1)13-12-9-5-2-6-10-12;1-3-4-2;2-1(3,4)5;/h2*1-10H;3-4H2,1-2H3;;/q2*-1;;-1;+2. The Kier molecular flexibility index (Phi) is 14.2. The van der Waals surface area contributed by atoms with E-state index in [0.29, 0.717) is 16.2 Å². The predicted molar refractivity (Wildman–Crippen MR) is 149 cm³/mol. The van der Waals surface area contributed by atoms with Gasteiger partial charge in [0.1, 0.15) is 0 Å². The molecule has 0 spiro atoms. The van der Waals surface area contributed by atoms with Crippen LogP contribution in [0.3, 0.4) is 0 Å². The van der Waals surface area contributed by atoms with Crippen LogP contribution in [0, 0.1) is 0 Å². The molecule has 0 N–H and O–H groups in total. The third-order valence-corrected chi connectivity index (χ3v) is 19.5. The van der Waals surface area contributed by atoms with Crippen LogP contribution in [0.2, 0.25) is 0 Å². The second-order valence-corrected chi connectivity index (χ2v) is 18.4. The minimum atomic E-state index is -6.00. The van der Waals surface area contributed by atoms with E-state index in [2.05, 4.69) is 135 Å². The molecule has 0 aromatic heterocycles. The number of hydrogen-bond donors (Lipinski definition) is 0. The van der Waals surface area contributed by atoms with Crippen LogP contribution in [0.4, 0.5) is 17.3 Å². The molecule has 0 saturated carbocycles. The van der Waals surface area contributed by atoms with Crippen molar-refractivity contribution in [1.29, 1.82) is 0 Å². The molecule has 0 unspecified atom stereocenters. The summed E-state index contributed by atoms with van der Waals surface area (Å²) in [6.07, 6.45) is 1.96. The zero-order valence-electron chi connectivity index (χ0n) is 20.3.